The van der Waals surface area contributed by atoms with Crippen molar-refractivity contribution in [2.45, 2.75) is 37.0 Å². The van der Waals surface area contributed by atoms with Gasteiger partial charge in [0.15, 0.2) is 0 Å². The zero-order valence-electron chi connectivity index (χ0n) is 16.1. The van der Waals surface area contributed by atoms with Crippen molar-refractivity contribution < 1.29 is 14.6 Å². The third kappa shape index (κ3) is 4.22. The molecule has 1 saturated carbocycles. The molecule has 1 aliphatic heterocycles. The van der Waals surface area contributed by atoms with Crippen molar-refractivity contribution >= 4 is 29.3 Å². The van der Waals surface area contributed by atoms with Gasteiger partial charge in [0.1, 0.15) is 12.4 Å². The summed E-state index contributed by atoms with van der Waals surface area (Å²) in [5.74, 6) is 0.734. The molecule has 0 bridgehead atoms. The maximum absolute atomic E-state index is 11.1. The van der Waals surface area contributed by atoms with Crippen LogP contribution in [0.3, 0.4) is 0 Å². The number of anilines is 2. The minimum Gasteiger partial charge on any atom is -0.493 e. The van der Waals surface area contributed by atoms with E-state index in [-0.39, 0.29) is 0 Å². The van der Waals surface area contributed by atoms with E-state index in [2.05, 4.69) is 34.5 Å². The van der Waals surface area contributed by atoms with Crippen LogP contribution in [0, 0.1) is 5.92 Å². The number of carboxylic acid groups (broad SMARTS) is 1. The number of carbonyl (C=O) groups is 1. The summed E-state index contributed by atoms with van der Waals surface area (Å²) < 4.78 is 8.27. The monoisotopic (exact) mass is 398 g/mol. The van der Waals surface area contributed by atoms with Gasteiger partial charge < -0.3 is 14.7 Å². The van der Waals surface area contributed by atoms with E-state index in [1.807, 2.05) is 12.1 Å². The predicted octanol–water partition coefficient (Wildman–Crippen LogP) is 5.26. The number of nitrogens with zero attached hydrogens (tertiary/aromatic N) is 2. The van der Waals surface area contributed by atoms with Crippen molar-refractivity contribution in [1.82, 2.24) is 0 Å². The number of hydrogen-bond acceptors (Lipinski definition) is 5. The standard InChI is InChI=1S/C22H26N2O3S/c1-23-15-24(18-9-7-17(8-10-18)22(25)26)28-21-12-11-19(13-20(21)23)27-14-16-5-3-2-4-6-16/h7-13,16H,2-6,14-15H2,1H3,(H,25,26). The molecule has 2 aliphatic rings. The SMILES string of the molecule is CN1CN(c2ccc(C(=O)O)cc2)Sc2ccc(OCC3CCCCC3)cc21. The van der Waals surface area contributed by atoms with Gasteiger partial charge in [-0.25, -0.2) is 4.79 Å². The minimum absolute atomic E-state index is 0.305. The van der Waals surface area contributed by atoms with Crippen molar-refractivity contribution in [2.75, 3.05) is 29.5 Å². The van der Waals surface area contributed by atoms with Crippen LogP contribution in [-0.4, -0.2) is 31.4 Å². The van der Waals surface area contributed by atoms with Crippen LogP contribution in [0.15, 0.2) is 47.4 Å². The van der Waals surface area contributed by atoms with Crippen molar-refractivity contribution in [3.8, 4) is 5.75 Å². The Labute approximate surface area is 170 Å². The van der Waals surface area contributed by atoms with Gasteiger partial charge in [-0.1, -0.05) is 19.3 Å². The van der Waals surface area contributed by atoms with Gasteiger partial charge >= 0.3 is 5.97 Å². The van der Waals surface area contributed by atoms with Crippen LogP contribution in [0.2, 0.25) is 0 Å². The molecule has 5 nitrogen and oxygen atoms in total. The van der Waals surface area contributed by atoms with Crippen LogP contribution >= 0.6 is 11.9 Å². The van der Waals surface area contributed by atoms with Crippen LogP contribution in [0.1, 0.15) is 42.5 Å². The molecule has 0 spiro atoms. The Morgan fingerprint density at radius 3 is 2.61 bits per heavy atom. The fourth-order valence-electron chi connectivity index (χ4n) is 3.85. The molecule has 0 unspecified atom stereocenters. The Hall–Kier alpha value is -2.34. The second-order valence-corrected chi connectivity index (χ2v) is 8.67. The summed E-state index contributed by atoms with van der Waals surface area (Å²) in [6.07, 6.45) is 6.61. The molecule has 4 rings (SSSR count). The summed E-state index contributed by atoms with van der Waals surface area (Å²) in [7, 11) is 2.07. The molecule has 2 aromatic rings. The zero-order valence-corrected chi connectivity index (χ0v) is 17.0. The molecule has 1 fully saturated rings. The fraction of sp³-hybridized carbons (Fsp3) is 0.409. The van der Waals surface area contributed by atoms with Crippen molar-refractivity contribution in [1.29, 1.82) is 0 Å². The van der Waals surface area contributed by atoms with Gasteiger partial charge in [-0.3, -0.25) is 4.31 Å². The molecule has 0 amide bonds. The topological polar surface area (TPSA) is 53.0 Å². The van der Waals surface area contributed by atoms with Crippen LogP contribution in [-0.2, 0) is 0 Å². The maximum atomic E-state index is 11.1. The summed E-state index contributed by atoms with van der Waals surface area (Å²) in [6, 6.07) is 13.3. The number of hydrogen-bond donors (Lipinski definition) is 1. The Morgan fingerprint density at radius 2 is 1.89 bits per heavy atom. The quantitative estimate of drug-likeness (QED) is 0.693. The normalized spacial score (nSPS) is 17.3. The highest BCUT2D eigenvalue weighted by Gasteiger charge is 2.23. The highest BCUT2D eigenvalue weighted by Crippen LogP contribution is 2.41. The van der Waals surface area contributed by atoms with Crippen LogP contribution in [0.25, 0.3) is 0 Å². The second kappa shape index (κ2) is 8.35. The van der Waals surface area contributed by atoms with Crippen molar-refractivity contribution in [2.24, 2.45) is 5.92 Å². The third-order valence-corrected chi connectivity index (χ3v) is 6.59. The van der Waals surface area contributed by atoms with E-state index in [1.165, 1.54) is 42.7 Å². The minimum atomic E-state index is -0.902. The average Bonchev–Trinajstić information content (AvgIpc) is 2.73. The molecular weight excluding hydrogens is 372 g/mol. The van der Waals surface area contributed by atoms with E-state index < -0.39 is 5.97 Å². The number of fused-ring (bicyclic) bond motifs is 1. The average molecular weight is 399 g/mol. The first-order valence-corrected chi connectivity index (χ1v) is 10.6. The fourth-order valence-corrected chi connectivity index (χ4v) is 4.98. The first-order chi connectivity index (χ1) is 13.6. The van der Waals surface area contributed by atoms with E-state index in [9.17, 15) is 4.79 Å². The lowest BCUT2D eigenvalue weighted by Gasteiger charge is -2.36. The Balaban J connectivity index is 1.44. The maximum Gasteiger partial charge on any atom is 0.335 e. The summed E-state index contributed by atoms with van der Waals surface area (Å²) in [5, 5.41) is 9.07. The van der Waals surface area contributed by atoms with E-state index in [4.69, 9.17) is 9.84 Å². The highest BCUT2D eigenvalue weighted by atomic mass is 32.2. The Bertz CT molecular complexity index is 834. The van der Waals surface area contributed by atoms with Gasteiger partial charge in [0.25, 0.3) is 0 Å². The number of benzene rings is 2. The molecule has 6 heteroatoms. The first-order valence-electron chi connectivity index (χ1n) is 9.87. The van der Waals surface area contributed by atoms with Crippen LogP contribution < -0.4 is 13.9 Å². The van der Waals surface area contributed by atoms with E-state index in [1.54, 1.807) is 24.1 Å². The van der Waals surface area contributed by atoms with Gasteiger partial charge in [0, 0.05) is 18.8 Å². The van der Waals surface area contributed by atoms with Crippen molar-refractivity contribution in [3.63, 3.8) is 0 Å². The van der Waals surface area contributed by atoms with Crippen LogP contribution in [0.4, 0.5) is 11.4 Å². The lowest BCUT2D eigenvalue weighted by Crippen LogP contribution is -2.35. The second-order valence-electron chi connectivity index (χ2n) is 7.61. The summed E-state index contributed by atoms with van der Waals surface area (Å²) in [4.78, 5) is 14.4. The third-order valence-electron chi connectivity index (χ3n) is 5.50. The molecule has 0 atom stereocenters. The molecule has 1 N–H and O–H groups in total. The van der Waals surface area contributed by atoms with Gasteiger partial charge in [0.2, 0.25) is 0 Å². The number of ether oxygens (including phenoxy) is 1. The molecule has 1 aliphatic carbocycles. The van der Waals surface area contributed by atoms with E-state index in [0.29, 0.717) is 11.5 Å². The van der Waals surface area contributed by atoms with Gasteiger partial charge in [-0.05, 0) is 67.1 Å². The Morgan fingerprint density at radius 1 is 1.14 bits per heavy atom. The highest BCUT2D eigenvalue weighted by molar-refractivity contribution is 8.00. The zero-order chi connectivity index (χ0) is 19.5. The van der Waals surface area contributed by atoms with E-state index >= 15 is 0 Å². The largest absolute Gasteiger partial charge is 0.493 e. The first kappa shape index (κ1) is 19.0. The summed E-state index contributed by atoms with van der Waals surface area (Å²) >= 11 is 1.67. The lowest BCUT2D eigenvalue weighted by molar-refractivity contribution is 0.0697. The summed E-state index contributed by atoms with van der Waals surface area (Å²) in [6.45, 7) is 1.54. The Kier molecular flexibility index (Phi) is 5.67. The number of carboxylic acids is 1. The smallest absolute Gasteiger partial charge is 0.335 e. The molecule has 148 valence electrons. The molecule has 2 aromatic carbocycles. The molecule has 0 aromatic heterocycles. The lowest BCUT2D eigenvalue weighted by atomic mass is 9.90. The number of rotatable bonds is 5. The summed E-state index contributed by atoms with van der Waals surface area (Å²) in [5.41, 5.74) is 2.47. The molecule has 1 heterocycles. The predicted molar refractivity (Wildman–Crippen MR) is 114 cm³/mol. The van der Waals surface area contributed by atoms with Crippen molar-refractivity contribution in [3.05, 3.63) is 48.0 Å². The molecule has 0 radical (unpaired) electrons. The molecular formula is C22H26N2O3S. The van der Waals surface area contributed by atoms with Gasteiger partial charge in [-0.15, -0.1) is 0 Å². The van der Waals surface area contributed by atoms with Gasteiger partial charge in [-0.2, -0.15) is 0 Å². The number of aromatic carboxylic acids is 1. The van der Waals surface area contributed by atoms with Gasteiger partial charge in [0.05, 0.1) is 22.8 Å². The molecule has 28 heavy (non-hydrogen) atoms. The molecule has 0 saturated heterocycles. The van der Waals surface area contributed by atoms with Crippen LogP contribution in [0.5, 0.6) is 5.75 Å². The van der Waals surface area contributed by atoms with E-state index in [0.717, 1.165) is 24.7 Å².